The molecule has 0 aromatic heterocycles. The van der Waals surface area contributed by atoms with Crippen molar-refractivity contribution >= 4 is 23.4 Å². The van der Waals surface area contributed by atoms with E-state index in [1.807, 2.05) is 29.2 Å². The van der Waals surface area contributed by atoms with Crippen LogP contribution in [0.1, 0.15) is 22.3 Å². The number of allylic oxidation sites excluding steroid dienone is 1. The third-order valence-corrected chi connectivity index (χ3v) is 5.50. The molecular weight excluding hydrogens is 346 g/mol. The molecule has 0 saturated carbocycles. The molecule has 3 rings (SSSR count). The maximum atomic E-state index is 13.3. The van der Waals surface area contributed by atoms with Crippen LogP contribution in [-0.4, -0.2) is 32.4 Å². The lowest BCUT2D eigenvalue weighted by Crippen LogP contribution is -2.32. The third-order valence-electron chi connectivity index (χ3n) is 4.35. The zero-order valence-electron chi connectivity index (χ0n) is 15.2. The number of hydrogen-bond donors (Lipinski definition) is 0. The molecule has 2 aromatic rings. The summed E-state index contributed by atoms with van der Waals surface area (Å²) in [4.78, 5) is 16.3. The number of amides is 1. The maximum Gasteiger partial charge on any atom is 0.258 e. The number of thioether (sulfide) groups is 1. The van der Waals surface area contributed by atoms with Crippen LogP contribution in [-0.2, 0) is 6.42 Å². The Labute approximate surface area is 158 Å². The van der Waals surface area contributed by atoms with Gasteiger partial charge >= 0.3 is 0 Å². The minimum absolute atomic E-state index is 0.0220. The van der Waals surface area contributed by atoms with Gasteiger partial charge in [-0.1, -0.05) is 18.2 Å². The van der Waals surface area contributed by atoms with Gasteiger partial charge in [0, 0.05) is 22.6 Å². The Bertz CT molecular complexity index is 819. The highest BCUT2D eigenvalue weighted by Crippen LogP contribution is 2.37. The van der Waals surface area contributed by atoms with Crippen molar-refractivity contribution in [1.29, 1.82) is 0 Å². The number of rotatable bonds is 5. The molecule has 0 radical (unpaired) electrons. The van der Waals surface area contributed by atoms with Crippen LogP contribution in [0.15, 0.2) is 53.9 Å². The van der Waals surface area contributed by atoms with E-state index in [-0.39, 0.29) is 5.91 Å². The molecule has 0 fully saturated rings. The second kappa shape index (κ2) is 8.32. The molecule has 1 amide bonds. The van der Waals surface area contributed by atoms with Crippen molar-refractivity contribution in [2.24, 2.45) is 0 Å². The SMILES string of the molecule is C=CCc1cc(C(=O)N2CCCSc3ccccc32)cc(OC)c1OC. The van der Waals surface area contributed by atoms with E-state index >= 15 is 0 Å². The molecule has 0 aliphatic carbocycles. The number of fused-ring (bicyclic) bond motifs is 1. The number of carbonyl (C=O) groups is 1. The van der Waals surface area contributed by atoms with Crippen LogP contribution >= 0.6 is 11.8 Å². The van der Waals surface area contributed by atoms with Gasteiger partial charge in [0.05, 0.1) is 19.9 Å². The molecule has 0 unspecified atom stereocenters. The molecule has 1 aliphatic heterocycles. The molecule has 5 heteroatoms. The van der Waals surface area contributed by atoms with E-state index in [0.717, 1.165) is 28.3 Å². The van der Waals surface area contributed by atoms with Crippen LogP contribution in [0.25, 0.3) is 0 Å². The topological polar surface area (TPSA) is 38.8 Å². The summed E-state index contributed by atoms with van der Waals surface area (Å²) in [5.41, 5.74) is 2.46. The monoisotopic (exact) mass is 369 g/mol. The number of carbonyl (C=O) groups excluding carboxylic acids is 1. The van der Waals surface area contributed by atoms with E-state index in [9.17, 15) is 4.79 Å². The molecule has 136 valence electrons. The second-order valence-electron chi connectivity index (χ2n) is 5.99. The highest BCUT2D eigenvalue weighted by molar-refractivity contribution is 7.99. The van der Waals surface area contributed by atoms with Crippen molar-refractivity contribution in [2.45, 2.75) is 17.7 Å². The van der Waals surface area contributed by atoms with E-state index in [4.69, 9.17) is 9.47 Å². The van der Waals surface area contributed by atoms with Crippen molar-refractivity contribution < 1.29 is 14.3 Å². The van der Waals surface area contributed by atoms with Crippen molar-refractivity contribution in [3.63, 3.8) is 0 Å². The van der Waals surface area contributed by atoms with Crippen LogP contribution in [0.5, 0.6) is 11.5 Å². The maximum absolute atomic E-state index is 13.3. The predicted molar refractivity (Wildman–Crippen MR) is 107 cm³/mol. The van der Waals surface area contributed by atoms with E-state index in [1.54, 1.807) is 38.1 Å². The first-order valence-electron chi connectivity index (χ1n) is 8.59. The number of methoxy groups -OCH3 is 2. The zero-order valence-corrected chi connectivity index (χ0v) is 16.0. The Morgan fingerprint density at radius 1 is 1.27 bits per heavy atom. The van der Waals surface area contributed by atoms with Gasteiger partial charge in [0.25, 0.3) is 5.91 Å². The molecule has 0 spiro atoms. The van der Waals surface area contributed by atoms with Gasteiger partial charge in [0.2, 0.25) is 0 Å². The molecule has 4 nitrogen and oxygen atoms in total. The molecule has 2 aromatic carbocycles. The van der Waals surface area contributed by atoms with Gasteiger partial charge in [-0.3, -0.25) is 4.79 Å². The van der Waals surface area contributed by atoms with Crippen molar-refractivity contribution in [2.75, 3.05) is 31.4 Å². The Morgan fingerprint density at radius 3 is 2.81 bits per heavy atom. The summed E-state index contributed by atoms with van der Waals surface area (Å²) in [6, 6.07) is 11.7. The number of hydrogen-bond acceptors (Lipinski definition) is 4. The third kappa shape index (κ3) is 3.58. The lowest BCUT2D eigenvalue weighted by Gasteiger charge is -2.23. The second-order valence-corrected chi connectivity index (χ2v) is 7.13. The van der Waals surface area contributed by atoms with Crippen LogP contribution in [0, 0.1) is 0 Å². The van der Waals surface area contributed by atoms with Crippen LogP contribution in [0.3, 0.4) is 0 Å². The number of anilines is 1. The summed E-state index contributed by atoms with van der Waals surface area (Å²) in [6.45, 7) is 4.50. The highest BCUT2D eigenvalue weighted by Gasteiger charge is 2.24. The first-order chi connectivity index (χ1) is 12.7. The first kappa shape index (κ1) is 18.4. The number of benzene rings is 2. The number of para-hydroxylation sites is 1. The quantitative estimate of drug-likeness (QED) is 0.724. The molecule has 0 saturated heterocycles. The molecule has 0 atom stereocenters. The zero-order chi connectivity index (χ0) is 18.5. The van der Waals surface area contributed by atoms with Crippen molar-refractivity contribution in [3.8, 4) is 11.5 Å². The largest absolute Gasteiger partial charge is 0.493 e. The number of ether oxygens (including phenoxy) is 2. The molecule has 26 heavy (non-hydrogen) atoms. The lowest BCUT2D eigenvalue weighted by molar-refractivity contribution is 0.0986. The minimum atomic E-state index is -0.0220. The molecular formula is C21H23NO3S. The Morgan fingerprint density at radius 2 is 2.08 bits per heavy atom. The van der Waals surface area contributed by atoms with Crippen LogP contribution in [0.4, 0.5) is 5.69 Å². The number of nitrogens with zero attached hydrogens (tertiary/aromatic N) is 1. The Balaban J connectivity index is 2.04. The van der Waals surface area contributed by atoms with Gasteiger partial charge < -0.3 is 14.4 Å². The fraction of sp³-hybridized carbons (Fsp3) is 0.286. The van der Waals surface area contributed by atoms with Gasteiger partial charge in [-0.15, -0.1) is 18.3 Å². The summed E-state index contributed by atoms with van der Waals surface area (Å²) in [6.07, 6.45) is 3.36. The van der Waals surface area contributed by atoms with E-state index in [0.29, 0.717) is 30.0 Å². The summed E-state index contributed by atoms with van der Waals surface area (Å²) >= 11 is 1.80. The Kier molecular flexibility index (Phi) is 5.89. The fourth-order valence-corrected chi connectivity index (χ4v) is 4.16. The highest BCUT2D eigenvalue weighted by atomic mass is 32.2. The summed E-state index contributed by atoms with van der Waals surface area (Å²) in [5.74, 6) is 2.20. The van der Waals surface area contributed by atoms with E-state index in [1.165, 1.54) is 0 Å². The summed E-state index contributed by atoms with van der Waals surface area (Å²) in [5, 5.41) is 0. The average molecular weight is 369 g/mol. The van der Waals surface area contributed by atoms with Gasteiger partial charge in [0.15, 0.2) is 11.5 Å². The first-order valence-corrected chi connectivity index (χ1v) is 9.57. The van der Waals surface area contributed by atoms with Gasteiger partial charge in [0.1, 0.15) is 0 Å². The minimum Gasteiger partial charge on any atom is -0.493 e. The predicted octanol–water partition coefficient (Wildman–Crippen LogP) is 4.57. The Hall–Kier alpha value is -2.40. The van der Waals surface area contributed by atoms with Gasteiger partial charge in [-0.2, -0.15) is 0 Å². The standard InChI is InChI=1S/C21H23NO3S/c1-4-8-15-13-16(14-18(24-2)20(15)25-3)21(23)22-11-7-12-26-19-10-6-5-9-17(19)22/h4-6,9-10,13-14H,1,7-8,11-12H2,2-3H3. The molecule has 1 aliphatic rings. The van der Waals surface area contributed by atoms with Crippen molar-refractivity contribution in [1.82, 2.24) is 0 Å². The van der Waals surface area contributed by atoms with E-state index in [2.05, 4.69) is 12.6 Å². The fourth-order valence-electron chi connectivity index (χ4n) is 3.17. The summed E-state index contributed by atoms with van der Waals surface area (Å²) < 4.78 is 10.9. The normalized spacial score (nSPS) is 13.5. The molecule has 0 N–H and O–H groups in total. The van der Waals surface area contributed by atoms with Gasteiger partial charge in [-0.05, 0) is 42.9 Å². The lowest BCUT2D eigenvalue weighted by atomic mass is 10.0. The average Bonchev–Trinajstić information content (AvgIpc) is 2.89. The van der Waals surface area contributed by atoms with Crippen LogP contribution < -0.4 is 14.4 Å². The molecule has 1 heterocycles. The van der Waals surface area contributed by atoms with E-state index < -0.39 is 0 Å². The molecule has 0 bridgehead atoms. The van der Waals surface area contributed by atoms with Gasteiger partial charge in [-0.25, -0.2) is 0 Å². The van der Waals surface area contributed by atoms with Crippen molar-refractivity contribution in [3.05, 3.63) is 60.2 Å². The van der Waals surface area contributed by atoms with Crippen LogP contribution in [0.2, 0.25) is 0 Å². The summed E-state index contributed by atoms with van der Waals surface area (Å²) in [7, 11) is 3.19. The smallest absolute Gasteiger partial charge is 0.258 e.